The van der Waals surface area contributed by atoms with E-state index in [0.29, 0.717) is 19.2 Å². The molecule has 0 spiro atoms. The quantitative estimate of drug-likeness (QED) is 0.252. The molecule has 2 N–H and O–H groups in total. The highest BCUT2D eigenvalue weighted by atomic mass is 19.4. The Labute approximate surface area is 199 Å². The van der Waals surface area contributed by atoms with Gasteiger partial charge in [0, 0.05) is 30.0 Å². The molecule has 0 saturated heterocycles. The van der Waals surface area contributed by atoms with E-state index >= 15 is 0 Å². The zero-order chi connectivity index (χ0) is 26.5. The van der Waals surface area contributed by atoms with E-state index in [1.165, 1.54) is 18.2 Å². The van der Waals surface area contributed by atoms with Crippen LogP contribution in [0.2, 0.25) is 0 Å². The van der Waals surface area contributed by atoms with Gasteiger partial charge in [-0.15, -0.1) is 0 Å². The second-order valence-corrected chi connectivity index (χ2v) is 7.22. The number of anilines is 1. The first-order chi connectivity index (χ1) is 16.8. The van der Waals surface area contributed by atoms with Crippen molar-refractivity contribution in [1.82, 2.24) is 9.97 Å². The highest BCUT2D eigenvalue weighted by Gasteiger charge is 2.33. The number of nitrogens with zero attached hydrogens (tertiary/aromatic N) is 1. The molecule has 1 amide bonds. The van der Waals surface area contributed by atoms with Crippen molar-refractivity contribution < 1.29 is 45.0 Å². The number of H-pyrrole nitrogens is 1. The average Bonchev–Trinajstić information content (AvgIpc) is 3.26. The van der Waals surface area contributed by atoms with Crippen molar-refractivity contribution in [2.24, 2.45) is 0 Å². The van der Waals surface area contributed by atoms with Gasteiger partial charge in [0.2, 0.25) is 0 Å². The molecule has 6 nitrogen and oxygen atoms in total. The van der Waals surface area contributed by atoms with Crippen LogP contribution in [0.5, 0.6) is 5.75 Å². The SMILES string of the molecule is CC(F)(F)OCCOc1ccc(-c2ncc(C(F)(F)F)[nH]2)cc1NC(=O)C#Cc1cc(F)cc(F)c1. The average molecular weight is 515 g/mol. The Hall–Kier alpha value is -4.05. The molecular weight excluding hydrogens is 499 g/mol. The number of carbonyl (C=O) groups excluding carboxylic acids is 1. The standard InChI is InChI=1S/C23H16F7N3O3/c1-22(26,27)36-7-6-35-18-4-3-14(21-31-12-19(33-21)23(28,29)30)10-17(18)32-20(34)5-2-13-8-15(24)11-16(25)9-13/h3-4,8-12H,6-7H2,1H3,(H,31,33)(H,32,34). The fourth-order valence-corrected chi connectivity index (χ4v) is 2.79. The van der Waals surface area contributed by atoms with Gasteiger partial charge in [-0.05, 0) is 30.3 Å². The Bertz CT molecular complexity index is 1280. The molecule has 36 heavy (non-hydrogen) atoms. The van der Waals surface area contributed by atoms with Crippen LogP contribution in [0.1, 0.15) is 18.2 Å². The Morgan fingerprint density at radius 1 is 1.06 bits per heavy atom. The zero-order valence-corrected chi connectivity index (χ0v) is 18.3. The normalized spacial score (nSPS) is 11.6. The minimum absolute atomic E-state index is 0.0451. The van der Waals surface area contributed by atoms with Crippen molar-refractivity contribution in [3.05, 3.63) is 65.5 Å². The number of ether oxygens (including phenoxy) is 2. The number of carbonyl (C=O) groups is 1. The molecule has 0 aliphatic heterocycles. The van der Waals surface area contributed by atoms with Gasteiger partial charge in [0.05, 0.1) is 18.5 Å². The highest BCUT2D eigenvalue weighted by molar-refractivity contribution is 6.05. The van der Waals surface area contributed by atoms with E-state index < -0.39 is 42.1 Å². The lowest BCUT2D eigenvalue weighted by molar-refractivity contribution is -0.226. The smallest absolute Gasteiger partial charge is 0.432 e. The molecule has 190 valence electrons. The van der Waals surface area contributed by atoms with Gasteiger partial charge in [0.1, 0.15) is 35.5 Å². The Morgan fingerprint density at radius 2 is 1.75 bits per heavy atom. The van der Waals surface area contributed by atoms with Crippen LogP contribution in [0.3, 0.4) is 0 Å². The van der Waals surface area contributed by atoms with Crippen molar-refractivity contribution in [3.63, 3.8) is 0 Å². The summed E-state index contributed by atoms with van der Waals surface area (Å²) in [6, 6.07) is 6.22. The van der Waals surface area contributed by atoms with Crippen molar-refractivity contribution in [2.45, 2.75) is 19.2 Å². The van der Waals surface area contributed by atoms with E-state index in [-0.39, 0.29) is 35.0 Å². The fourth-order valence-electron chi connectivity index (χ4n) is 2.79. The van der Waals surface area contributed by atoms with E-state index in [1.807, 2.05) is 0 Å². The molecule has 0 aliphatic rings. The topological polar surface area (TPSA) is 76.2 Å². The number of aromatic amines is 1. The number of amides is 1. The Morgan fingerprint density at radius 3 is 2.36 bits per heavy atom. The van der Waals surface area contributed by atoms with Crippen molar-refractivity contribution in [1.29, 1.82) is 0 Å². The Kier molecular flexibility index (Phi) is 7.89. The van der Waals surface area contributed by atoms with Gasteiger partial charge in [0.25, 0.3) is 0 Å². The summed E-state index contributed by atoms with van der Waals surface area (Å²) in [6.07, 6.45) is -7.48. The molecule has 3 aromatic rings. The van der Waals surface area contributed by atoms with Crippen LogP contribution in [-0.4, -0.2) is 35.2 Å². The molecule has 0 atom stereocenters. The minimum Gasteiger partial charge on any atom is -0.489 e. The monoisotopic (exact) mass is 515 g/mol. The van der Waals surface area contributed by atoms with Crippen LogP contribution in [0.15, 0.2) is 42.6 Å². The van der Waals surface area contributed by atoms with Gasteiger partial charge >= 0.3 is 18.2 Å². The number of hydrogen-bond acceptors (Lipinski definition) is 4. The number of hydrogen-bond donors (Lipinski definition) is 2. The van der Waals surface area contributed by atoms with Gasteiger partial charge in [0.15, 0.2) is 0 Å². The lowest BCUT2D eigenvalue weighted by atomic mass is 10.1. The van der Waals surface area contributed by atoms with Gasteiger partial charge < -0.3 is 19.8 Å². The molecule has 0 saturated carbocycles. The van der Waals surface area contributed by atoms with Gasteiger partial charge in [-0.3, -0.25) is 4.79 Å². The van der Waals surface area contributed by atoms with Crippen LogP contribution < -0.4 is 10.1 Å². The number of aromatic nitrogens is 2. The summed E-state index contributed by atoms with van der Waals surface area (Å²) in [5, 5.41) is 2.34. The molecule has 0 unspecified atom stereocenters. The summed E-state index contributed by atoms with van der Waals surface area (Å²) in [7, 11) is 0. The van der Waals surface area contributed by atoms with Crippen molar-refractivity contribution >= 4 is 11.6 Å². The summed E-state index contributed by atoms with van der Waals surface area (Å²) in [4.78, 5) is 18.1. The van der Waals surface area contributed by atoms with E-state index in [0.717, 1.165) is 12.1 Å². The maximum atomic E-state index is 13.3. The van der Waals surface area contributed by atoms with E-state index in [9.17, 15) is 35.5 Å². The molecule has 0 radical (unpaired) electrons. The van der Waals surface area contributed by atoms with Crippen LogP contribution >= 0.6 is 0 Å². The molecule has 1 heterocycles. The largest absolute Gasteiger partial charge is 0.489 e. The summed E-state index contributed by atoms with van der Waals surface area (Å²) >= 11 is 0. The summed E-state index contributed by atoms with van der Waals surface area (Å²) < 4.78 is 100. The second kappa shape index (κ2) is 10.7. The van der Waals surface area contributed by atoms with Crippen LogP contribution in [0.4, 0.5) is 36.4 Å². The molecule has 1 aromatic heterocycles. The number of halogens is 7. The Balaban J connectivity index is 1.85. The molecule has 13 heteroatoms. The van der Waals surface area contributed by atoms with Crippen molar-refractivity contribution in [3.8, 4) is 29.0 Å². The third-order valence-electron chi connectivity index (χ3n) is 4.26. The molecular formula is C23H16F7N3O3. The van der Waals surface area contributed by atoms with E-state index in [4.69, 9.17) is 4.74 Å². The fraction of sp³-hybridized carbons (Fsp3) is 0.217. The zero-order valence-electron chi connectivity index (χ0n) is 18.3. The number of imidazole rings is 1. The van der Waals surface area contributed by atoms with E-state index in [1.54, 1.807) is 0 Å². The lowest BCUT2D eigenvalue weighted by Crippen LogP contribution is -2.20. The first-order valence-corrected chi connectivity index (χ1v) is 10.0. The molecule has 3 rings (SSSR count). The first-order valence-electron chi connectivity index (χ1n) is 10.0. The van der Waals surface area contributed by atoms with Crippen LogP contribution in [0.25, 0.3) is 11.4 Å². The number of benzene rings is 2. The summed E-state index contributed by atoms with van der Waals surface area (Å²) in [6.45, 7) is -0.343. The summed E-state index contributed by atoms with van der Waals surface area (Å²) in [5.41, 5.74) is -1.20. The van der Waals surface area contributed by atoms with Gasteiger partial charge in [-0.25, -0.2) is 13.8 Å². The third-order valence-corrected chi connectivity index (χ3v) is 4.26. The minimum atomic E-state index is -4.67. The molecule has 2 aromatic carbocycles. The number of rotatable bonds is 7. The molecule has 0 bridgehead atoms. The van der Waals surface area contributed by atoms with Crippen LogP contribution in [0, 0.1) is 23.5 Å². The number of nitrogens with one attached hydrogen (secondary N) is 2. The van der Waals surface area contributed by atoms with Crippen molar-refractivity contribution in [2.75, 3.05) is 18.5 Å². The first kappa shape index (κ1) is 26.6. The summed E-state index contributed by atoms with van der Waals surface area (Å²) in [5.74, 6) is 1.39. The van der Waals surface area contributed by atoms with Gasteiger partial charge in [-0.2, -0.15) is 22.0 Å². The highest BCUT2D eigenvalue weighted by Crippen LogP contribution is 2.33. The predicted octanol–water partition coefficient (Wildman–Crippen LogP) is 5.37. The number of alkyl halides is 5. The molecule has 0 fully saturated rings. The third kappa shape index (κ3) is 7.74. The van der Waals surface area contributed by atoms with Crippen LogP contribution in [-0.2, 0) is 15.7 Å². The van der Waals surface area contributed by atoms with E-state index in [2.05, 4.69) is 31.9 Å². The second-order valence-electron chi connectivity index (χ2n) is 7.22. The lowest BCUT2D eigenvalue weighted by Gasteiger charge is -2.15. The molecule has 0 aliphatic carbocycles. The maximum absolute atomic E-state index is 13.3. The van der Waals surface area contributed by atoms with Gasteiger partial charge in [-0.1, -0.05) is 5.92 Å². The maximum Gasteiger partial charge on any atom is 0.432 e. The predicted molar refractivity (Wildman–Crippen MR) is 113 cm³/mol.